The Bertz CT molecular complexity index is 405. The molecule has 1 unspecified atom stereocenters. The van der Waals surface area contributed by atoms with Crippen LogP contribution < -0.4 is 11.1 Å². The Kier molecular flexibility index (Phi) is 4.09. The summed E-state index contributed by atoms with van der Waals surface area (Å²) in [6.07, 6.45) is 0. The van der Waals surface area contributed by atoms with Crippen LogP contribution in [0.4, 0.5) is 11.4 Å². The Morgan fingerprint density at radius 3 is 2.83 bits per heavy atom. The van der Waals surface area contributed by atoms with Gasteiger partial charge in [0, 0.05) is 43.6 Å². The van der Waals surface area contributed by atoms with E-state index in [1.165, 1.54) is 11.3 Å². The van der Waals surface area contributed by atoms with Crippen LogP contribution in [-0.2, 0) is 0 Å². The van der Waals surface area contributed by atoms with E-state index in [1.54, 1.807) is 0 Å². The molecule has 1 aliphatic rings. The van der Waals surface area contributed by atoms with Crippen molar-refractivity contribution in [3.63, 3.8) is 0 Å². The minimum atomic E-state index is 0.570. The number of hydrogen-bond donors (Lipinski definition) is 2. The molecule has 0 amide bonds. The minimum Gasteiger partial charge on any atom is -0.399 e. The molecule has 3 N–H and O–H groups in total. The highest BCUT2D eigenvalue weighted by Gasteiger charge is 2.21. The summed E-state index contributed by atoms with van der Waals surface area (Å²) in [7, 11) is 4.39. The summed E-state index contributed by atoms with van der Waals surface area (Å²) < 4.78 is 0. The van der Waals surface area contributed by atoms with Gasteiger partial charge < -0.3 is 16.0 Å². The number of likely N-dealkylation sites (N-methyl/N-ethyl adjacent to an activating group) is 2. The smallest absolute Gasteiger partial charge is 0.0393 e. The lowest BCUT2D eigenvalue weighted by Gasteiger charge is -2.38. The van der Waals surface area contributed by atoms with E-state index in [1.807, 2.05) is 12.1 Å². The molecule has 4 nitrogen and oxygen atoms in total. The zero-order valence-electron chi connectivity index (χ0n) is 11.6. The first kappa shape index (κ1) is 13.2. The second-order valence-electron chi connectivity index (χ2n) is 5.35. The molecule has 18 heavy (non-hydrogen) atoms. The molecule has 2 rings (SSSR count). The zero-order chi connectivity index (χ0) is 13.1. The Labute approximate surface area is 110 Å². The van der Waals surface area contributed by atoms with Crippen molar-refractivity contribution >= 4 is 11.4 Å². The largest absolute Gasteiger partial charge is 0.399 e. The molecule has 1 aliphatic heterocycles. The molecule has 1 aromatic carbocycles. The van der Waals surface area contributed by atoms with Gasteiger partial charge in [0.25, 0.3) is 0 Å². The summed E-state index contributed by atoms with van der Waals surface area (Å²) in [5.74, 6) is 0. The predicted octanol–water partition coefficient (Wildman–Crippen LogP) is 1.23. The molecule has 4 heteroatoms. The molecule has 1 heterocycles. The molecule has 0 saturated carbocycles. The van der Waals surface area contributed by atoms with Crippen LogP contribution in [0.2, 0.25) is 0 Å². The Morgan fingerprint density at radius 1 is 1.33 bits per heavy atom. The van der Waals surface area contributed by atoms with E-state index in [0.29, 0.717) is 6.04 Å². The van der Waals surface area contributed by atoms with Crippen LogP contribution in [-0.4, -0.2) is 56.1 Å². The van der Waals surface area contributed by atoms with Gasteiger partial charge in [0.15, 0.2) is 0 Å². The molecule has 0 bridgehead atoms. The molecule has 0 aliphatic carbocycles. The highest BCUT2D eigenvalue weighted by molar-refractivity contribution is 5.57. The fraction of sp³-hybridized carbons (Fsp3) is 0.571. The summed E-state index contributed by atoms with van der Waals surface area (Å²) in [6, 6.07) is 6.60. The van der Waals surface area contributed by atoms with E-state index < -0.39 is 0 Å². The van der Waals surface area contributed by atoms with Crippen molar-refractivity contribution in [1.82, 2.24) is 9.80 Å². The summed E-state index contributed by atoms with van der Waals surface area (Å²) in [6.45, 7) is 6.50. The van der Waals surface area contributed by atoms with Crippen molar-refractivity contribution in [2.24, 2.45) is 0 Å². The fourth-order valence-corrected chi connectivity index (χ4v) is 2.43. The molecule has 0 aromatic heterocycles. The van der Waals surface area contributed by atoms with Gasteiger partial charge in [-0.05, 0) is 44.8 Å². The highest BCUT2D eigenvalue weighted by Crippen LogP contribution is 2.18. The van der Waals surface area contributed by atoms with Crippen LogP contribution in [0.25, 0.3) is 0 Å². The van der Waals surface area contributed by atoms with Crippen molar-refractivity contribution in [3.8, 4) is 0 Å². The van der Waals surface area contributed by atoms with Crippen molar-refractivity contribution in [2.45, 2.75) is 13.0 Å². The van der Waals surface area contributed by atoms with Gasteiger partial charge in [-0.25, -0.2) is 0 Å². The third-order valence-corrected chi connectivity index (χ3v) is 3.76. The molecule has 0 radical (unpaired) electrons. The van der Waals surface area contributed by atoms with Crippen molar-refractivity contribution in [1.29, 1.82) is 0 Å². The van der Waals surface area contributed by atoms with E-state index in [9.17, 15) is 0 Å². The number of nitrogens with zero attached hydrogens (tertiary/aromatic N) is 2. The fourth-order valence-electron chi connectivity index (χ4n) is 2.43. The Morgan fingerprint density at radius 2 is 2.11 bits per heavy atom. The van der Waals surface area contributed by atoms with E-state index in [2.05, 4.69) is 42.2 Å². The highest BCUT2D eigenvalue weighted by atomic mass is 15.3. The van der Waals surface area contributed by atoms with Gasteiger partial charge >= 0.3 is 0 Å². The van der Waals surface area contributed by atoms with Gasteiger partial charge in [0.05, 0.1) is 0 Å². The lowest BCUT2D eigenvalue weighted by atomic mass is 10.1. The Hall–Kier alpha value is -1.26. The normalized spacial score (nSPS) is 22.1. The maximum absolute atomic E-state index is 5.76. The third-order valence-electron chi connectivity index (χ3n) is 3.76. The average Bonchev–Trinajstić information content (AvgIpc) is 2.32. The van der Waals surface area contributed by atoms with E-state index in [4.69, 9.17) is 5.73 Å². The predicted molar refractivity (Wildman–Crippen MR) is 78.0 cm³/mol. The monoisotopic (exact) mass is 248 g/mol. The number of aryl methyl sites for hydroxylation is 1. The van der Waals surface area contributed by atoms with Gasteiger partial charge in [-0.15, -0.1) is 0 Å². The van der Waals surface area contributed by atoms with Crippen LogP contribution in [0.3, 0.4) is 0 Å². The van der Waals surface area contributed by atoms with Crippen LogP contribution in [0.5, 0.6) is 0 Å². The first-order valence-electron chi connectivity index (χ1n) is 6.55. The molecule has 1 saturated heterocycles. The molecule has 1 aromatic rings. The SMILES string of the molecule is Cc1cc(N)ccc1NCC1CN(C)CCN1C. The quantitative estimate of drug-likeness (QED) is 0.790. The van der Waals surface area contributed by atoms with Gasteiger partial charge in [-0.2, -0.15) is 0 Å². The molecular weight excluding hydrogens is 224 g/mol. The Balaban J connectivity index is 1.94. The van der Waals surface area contributed by atoms with Crippen molar-refractivity contribution in [2.75, 3.05) is 51.3 Å². The first-order valence-corrected chi connectivity index (χ1v) is 6.55. The third kappa shape index (κ3) is 3.15. The number of piperazine rings is 1. The van der Waals surface area contributed by atoms with E-state index in [-0.39, 0.29) is 0 Å². The minimum absolute atomic E-state index is 0.570. The van der Waals surface area contributed by atoms with E-state index >= 15 is 0 Å². The number of benzene rings is 1. The van der Waals surface area contributed by atoms with Crippen LogP contribution in [0, 0.1) is 6.92 Å². The summed E-state index contributed by atoms with van der Waals surface area (Å²) in [5, 5.41) is 3.54. The summed E-state index contributed by atoms with van der Waals surface area (Å²) >= 11 is 0. The van der Waals surface area contributed by atoms with Crippen molar-refractivity contribution in [3.05, 3.63) is 23.8 Å². The number of anilines is 2. The van der Waals surface area contributed by atoms with E-state index in [0.717, 1.165) is 31.9 Å². The lowest BCUT2D eigenvalue weighted by molar-refractivity contribution is 0.122. The number of rotatable bonds is 3. The molecular formula is C14H24N4. The standard InChI is InChI=1S/C14H24N4/c1-11-8-12(15)4-5-14(11)16-9-13-10-17(2)6-7-18(13)3/h4-5,8,13,16H,6-7,9-10,15H2,1-3H3. The zero-order valence-corrected chi connectivity index (χ0v) is 11.6. The lowest BCUT2D eigenvalue weighted by Crippen LogP contribution is -2.52. The van der Waals surface area contributed by atoms with Crippen LogP contribution in [0.15, 0.2) is 18.2 Å². The maximum atomic E-state index is 5.76. The summed E-state index contributed by atoms with van der Waals surface area (Å²) in [4.78, 5) is 4.82. The van der Waals surface area contributed by atoms with Crippen molar-refractivity contribution < 1.29 is 0 Å². The van der Waals surface area contributed by atoms with Gasteiger partial charge in [-0.3, -0.25) is 4.90 Å². The van der Waals surface area contributed by atoms with Gasteiger partial charge in [-0.1, -0.05) is 0 Å². The maximum Gasteiger partial charge on any atom is 0.0393 e. The van der Waals surface area contributed by atoms with Crippen LogP contribution in [0.1, 0.15) is 5.56 Å². The number of nitrogens with one attached hydrogen (secondary N) is 1. The molecule has 1 atom stereocenters. The second-order valence-corrected chi connectivity index (χ2v) is 5.35. The summed E-state index contributed by atoms with van der Waals surface area (Å²) in [5.41, 5.74) is 8.99. The van der Waals surface area contributed by atoms with Crippen LogP contribution >= 0.6 is 0 Å². The number of hydrogen-bond acceptors (Lipinski definition) is 4. The van der Waals surface area contributed by atoms with Gasteiger partial charge in [0.1, 0.15) is 0 Å². The topological polar surface area (TPSA) is 44.5 Å². The molecule has 1 fully saturated rings. The number of nitrogen functional groups attached to an aromatic ring is 1. The molecule has 0 spiro atoms. The second kappa shape index (κ2) is 5.59. The van der Waals surface area contributed by atoms with Gasteiger partial charge in [0.2, 0.25) is 0 Å². The average molecular weight is 248 g/mol. The first-order chi connectivity index (χ1) is 8.56. The number of nitrogens with two attached hydrogens (primary N) is 1. The molecule has 100 valence electrons.